The Kier molecular flexibility index (Phi) is 5.95. The fourth-order valence-corrected chi connectivity index (χ4v) is 2.35. The molecule has 2 rings (SSSR count). The zero-order chi connectivity index (χ0) is 17.5. The Morgan fingerprint density at radius 1 is 1.12 bits per heavy atom. The van der Waals surface area contributed by atoms with Crippen molar-refractivity contribution in [2.75, 3.05) is 13.7 Å². The molecule has 1 unspecified atom stereocenters. The van der Waals surface area contributed by atoms with E-state index in [2.05, 4.69) is 0 Å². The standard InChI is InChI=1S/C19H21NO4/c1-14-7-6-10-16(11-14)24-13-18(21)20(2)17(19(22)23)12-15-8-4-3-5-9-15/h3-11,17H,12-13H2,1-2H3,(H,22,23). The second kappa shape index (κ2) is 8.15. The van der Waals surface area contributed by atoms with Crippen LogP contribution in [-0.2, 0) is 16.0 Å². The van der Waals surface area contributed by atoms with Crippen molar-refractivity contribution in [2.24, 2.45) is 0 Å². The van der Waals surface area contributed by atoms with Gasteiger partial charge in [-0.25, -0.2) is 4.79 Å². The van der Waals surface area contributed by atoms with E-state index in [1.807, 2.05) is 55.5 Å². The highest BCUT2D eigenvalue weighted by Gasteiger charge is 2.27. The molecule has 1 N–H and O–H groups in total. The first-order chi connectivity index (χ1) is 11.5. The summed E-state index contributed by atoms with van der Waals surface area (Å²) in [4.78, 5) is 25.0. The van der Waals surface area contributed by atoms with Crippen molar-refractivity contribution in [2.45, 2.75) is 19.4 Å². The molecule has 5 heteroatoms. The quantitative estimate of drug-likeness (QED) is 0.848. The Hall–Kier alpha value is -2.82. The molecule has 0 aliphatic heterocycles. The van der Waals surface area contributed by atoms with E-state index in [1.165, 1.54) is 11.9 Å². The van der Waals surface area contributed by atoms with Gasteiger partial charge in [-0.3, -0.25) is 4.79 Å². The second-order valence-electron chi connectivity index (χ2n) is 5.65. The van der Waals surface area contributed by atoms with Crippen LogP contribution in [0, 0.1) is 6.92 Å². The zero-order valence-electron chi connectivity index (χ0n) is 13.8. The van der Waals surface area contributed by atoms with Gasteiger partial charge in [0, 0.05) is 13.5 Å². The molecule has 0 aromatic heterocycles. The number of amides is 1. The number of hydrogen-bond donors (Lipinski definition) is 1. The van der Waals surface area contributed by atoms with Gasteiger partial charge in [-0.15, -0.1) is 0 Å². The largest absolute Gasteiger partial charge is 0.484 e. The highest BCUT2D eigenvalue weighted by atomic mass is 16.5. The third-order valence-corrected chi connectivity index (χ3v) is 3.77. The number of nitrogens with zero attached hydrogens (tertiary/aromatic N) is 1. The summed E-state index contributed by atoms with van der Waals surface area (Å²) in [5, 5.41) is 9.44. The number of carboxylic acid groups (broad SMARTS) is 1. The van der Waals surface area contributed by atoms with Crippen LogP contribution >= 0.6 is 0 Å². The van der Waals surface area contributed by atoms with Crippen LogP contribution in [0.1, 0.15) is 11.1 Å². The van der Waals surface area contributed by atoms with Crippen molar-refractivity contribution in [3.63, 3.8) is 0 Å². The molecule has 1 atom stereocenters. The van der Waals surface area contributed by atoms with E-state index in [0.717, 1.165) is 11.1 Å². The molecule has 0 heterocycles. The SMILES string of the molecule is Cc1cccc(OCC(=O)N(C)C(Cc2ccccc2)C(=O)O)c1. The zero-order valence-corrected chi connectivity index (χ0v) is 13.8. The van der Waals surface area contributed by atoms with Gasteiger partial charge < -0.3 is 14.7 Å². The average molecular weight is 327 g/mol. The average Bonchev–Trinajstić information content (AvgIpc) is 2.57. The van der Waals surface area contributed by atoms with Gasteiger partial charge in [0.1, 0.15) is 11.8 Å². The van der Waals surface area contributed by atoms with Crippen molar-refractivity contribution in [3.8, 4) is 5.75 Å². The molecule has 0 saturated carbocycles. The summed E-state index contributed by atoms with van der Waals surface area (Å²) in [6.45, 7) is 1.74. The van der Waals surface area contributed by atoms with Crippen LogP contribution in [0.4, 0.5) is 0 Å². The van der Waals surface area contributed by atoms with Gasteiger partial charge in [-0.2, -0.15) is 0 Å². The highest BCUT2D eigenvalue weighted by Crippen LogP contribution is 2.13. The van der Waals surface area contributed by atoms with Crippen molar-refractivity contribution < 1.29 is 19.4 Å². The minimum absolute atomic E-state index is 0.196. The van der Waals surface area contributed by atoms with Crippen LogP contribution in [0.5, 0.6) is 5.75 Å². The fourth-order valence-electron chi connectivity index (χ4n) is 2.35. The number of carbonyl (C=O) groups is 2. The molecule has 0 spiro atoms. The maximum atomic E-state index is 12.3. The minimum atomic E-state index is -1.04. The molecule has 1 amide bonds. The fraction of sp³-hybridized carbons (Fsp3) is 0.263. The number of carboxylic acids is 1. The molecule has 0 aliphatic carbocycles. The number of benzene rings is 2. The molecule has 126 valence electrons. The predicted octanol–water partition coefficient (Wildman–Crippen LogP) is 2.53. The van der Waals surface area contributed by atoms with Gasteiger partial charge in [0.2, 0.25) is 0 Å². The third kappa shape index (κ3) is 4.84. The maximum absolute atomic E-state index is 12.3. The smallest absolute Gasteiger partial charge is 0.326 e. The second-order valence-corrected chi connectivity index (χ2v) is 5.65. The summed E-state index contributed by atoms with van der Waals surface area (Å²) in [5.74, 6) is -0.822. The summed E-state index contributed by atoms with van der Waals surface area (Å²) >= 11 is 0. The monoisotopic (exact) mass is 327 g/mol. The first-order valence-corrected chi connectivity index (χ1v) is 7.69. The Morgan fingerprint density at radius 3 is 2.46 bits per heavy atom. The predicted molar refractivity (Wildman–Crippen MR) is 91.0 cm³/mol. The van der Waals surface area contributed by atoms with Crippen LogP contribution in [0.15, 0.2) is 54.6 Å². The Bertz CT molecular complexity index is 700. The van der Waals surface area contributed by atoms with E-state index in [1.54, 1.807) is 6.07 Å². The first kappa shape index (κ1) is 17.5. The van der Waals surface area contributed by atoms with E-state index in [0.29, 0.717) is 5.75 Å². The number of ether oxygens (including phenoxy) is 1. The molecular weight excluding hydrogens is 306 g/mol. The minimum Gasteiger partial charge on any atom is -0.484 e. The van der Waals surface area contributed by atoms with Gasteiger partial charge in [0.25, 0.3) is 5.91 Å². The molecule has 2 aromatic rings. The lowest BCUT2D eigenvalue weighted by molar-refractivity contribution is -0.149. The van der Waals surface area contributed by atoms with E-state index in [-0.39, 0.29) is 18.9 Å². The van der Waals surface area contributed by atoms with Crippen LogP contribution < -0.4 is 4.74 Å². The van der Waals surface area contributed by atoms with Crippen molar-refractivity contribution in [1.29, 1.82) is 0 Å². The third-order valence-electron chi connectivity index (χ3n) is 3.77. The van der Waals surface area contributed by atoms with Crippen molar-refractivity contribution >= 4 is 11.9 Å². The topological polar surface area (TPSA) is 66.8 Å². The number of carbonyl (C=O) groups excluding carboxylic acids is 1. The number of rotatable bonds is 7. The lowest BCUT2D eigenvalue weighted by atomic mass is 10.1. The highest BCUT2D eigenvalue weighted by molar-refractivity contribution is 5.84. The molecule has 24 heavy (non-hydrogen) atoms. The van der Waals surface area contributed by atoms with Gasteiger partial charge in [-0.05, 0) is 30.2 Å². The lowest BCUT2D eigenvalue weighted by Crippen LogP contribution is -2.45. The van der Waals surface area contributed by atoms with Crippen LogP contribution in [0.2, 0.25) is 0 Å². The number of aryl methyl sites for hydroxylation is 1. The summed E-state index contributed by atoms with van der Waals surface area (Å²) in [7, 11) is 1.49. The molecule has 0 bridgehead atoms. The lowest BCUT2D eigenvalue weighted by Gasteiger charge is -2.25. The number of aliphatic carboxylic acids is 1. The van der Waals surface area contributed by atoms with Crippen LogP contribution in [0.25, 0.3) is 0 Å². The van der Waals surface area contributed by atoms with E-state index < -0.39 is 12.0 Å². The van der Waals surface area contributed by atoms with E-state index in [4.69, 9.17) is 4.74 Å². The Morgan fingerprint density at radius 2 is 1.83 bits per heavy atom. The number of hydrogen-bond acceptors (Lipinski definition) is 3. The Balaban J connectivity index is 1.99. The molecule has 2 aromatic carbocycles. The summed E-state index contributed by atoms with van der Waals surface area (Å²) < 4.78 is 5.47. The number of likely N-dealkylation sites (N-methyl/N-ethyl adjacent to an activating group) is 1. The summed E-state index contributed by atoms with van der Waals surface area (Å²) in [5.41, 5.74) is 1.89. The maximum Gasteiger partial charge on any atom is 0.326 e. The molecule has 0 radical (unpaired) electrons. The van der Waals surface area contributed by atoms with Crippen molar-refractivity contribution in [1.82, 2.24) is 4.90 Å². The summed E-state index contributed by atoms with van der Waals surface area (Å²) in [6.07, 6.45) is 0.253. The normalized spacial score (nSPS) is 11.6. The Labute approximate surface area is 141 Å². The van der Waals surface area contributed by atoms with E-state index >= 15 is 0 Å². The van der Waals surface area contributed by atoms with Gasteiger partial charge in [0.15, 0.2) is 6.61 Å². The van der Waals surface area contributed by atoms with Gasteiger partial charge >= 0.3 is 5.97 Å². The first-order valence-electron chi connectivity index (χ1n) is 7.69. The molecule has 0 aliphatic rings. The van der Waals surface area contributed by atoms with E-state index in [9.17, 15) is 14.7 Å². The van der Waals surface area contributed by atoms with Gasteiger partial charge in [0.05, 0.1) is 0 Å². The van der Waals surface area contributed by atoms with Crippen LogP contribution in [-0.4, -0.2) is 41.6 Å². The van der Waals surface area contributed by atoms with Crippen molar-refractivity contribution in [3.05, 3.63) is 65.7 Å². The molecular formula is C19H21NO4. The molecule has 0 fully saturated rings. The van der Waals surface area contributed by atoms with Crippen LogP contribution in [0.3, 0.4) is 0 Å². The summed E-state index contributed by atoms with van der Waals surface area (Å²) in [6, 6.07) is 15.7. The molecule has 5 nitrogen and oxygen atoms in total. The molecule has 0 saturated heterocycles. The van der Waals surface area contributed by atoms with Gasteiger partial charge in [-0.1, -0.05) is 42.5 Å².